The predicted molar refractivity (Wildman–Crippen MR) is 145 cm³/mol. The molecule has 0 spiro atoms. The maximum Gasteiger partial charge on any atom is 0.341 e. The van der Waals surface area contributed by atoms with Crippen molar-refractivity contribution in [2.24, 2.45) is 7.05 Å². The van der Waals surface area contributed by atoms with E-state index in [1.807, 2.05) is 47.3 Å². The van der Waals surface area contributed by atoms with Crippen molar-refractivity contribution < 1.29 is 19.1 Å². The summed E-state index contributed by atoms with van der Waals surface area (Å²) in [6.45, 7) is 0. The van der Waals surface area contributed by atoms with Gasteiger partial charge >= 0.3 is 5.97 Å². The summed E-state index contributed by atoms with van der Waals surface area (Å²) in [6, 6.07) is 17.8. The molecule has 4 aromatic rings. The highest BCUT2D eigenvalue weighted by molar-refractivity contribution is 7.99. The van der Waals surface area contributed by atoms with Gasteiger partial charge in [-0.05, 0) is 35.6 Å². The van der Waals surface area contributed by atoms with Crippen LogP contribution < -0.4 is 10.1 Å². The lowest BCUT2D eigenvalue weighted by Gasteiger charge is -2.08. The zero-order valence-electron chi connectivity index (χ0n) is 20.6. The number of esters is 1. The number of thioether (sulfide) groups is 1. The van der Waals surface area contributed by atoms with E-state index in [1.165, 1.54) is 35.8 Å². The Balaban J connectivity index is 1.25. The minimum Gasteiger partial charge on any atom is -0.497 e. The van der Waals surface area contributed by atoms with Crippen LogP contribution in [0.25, 0.3) is 11.1 Å². The van der Waals surface area contributed by atoms with E-state index in [-0.39, 0.29) is 11.7 Å². The van der Waals surface area contributed by atoms with Crippen LogP contribution in [0.15, 0.2) is 65.1 Å². The summed E-state index contributed by atoms with van der Waals surface area (Å²) in [5.41, 5.74) is 3.17. The number of rotatable bonds is 9. The van der Waals surface area contributed by atoms with Gasteiger partial charge in [-0.15, -0.1) is 21.5 Å². The van der Waals surface area contributed by atoms with Crippen molar-refractivity contribution >= 4 is 40.0 Å². The van der Waals surface area contributed by atoms with Crippen LogP contribution in [0.4, 0.5) is 5.00 Å². The zero-order chi connectivity index (χ0) is 25.9. The second kappa shape index (κ2) is 10.8. The number of ether oxygens (including phenoxy) is 2. The summed E-state index contributed by atoms with van der Waals surface area (Å²) >= 11 is 2.60. The molecule has 1 amide bonds. The van der Waals surface area contributed by atoms with Crippen molar-refractivity contribution in [3.8, 4) is 16.9 Å². The molecule has 1 saturated carbocycles. The maximum atomic E-state index is 12.8. The molecule has 0 bridgehead atoms. The third-order valence-corrected chi connectivity index (χ3v) is 8.30. The Morgan fingerprint density at radius 1 is 1.08 bits per heavy atom. The van der Waals surface area contributed by atoms with E-state index in [2.05, 4.69) is 39.8 Å². The van der Waals surface area contributed by atoms with Crippen LogP contribution in [0, 0.1) is 0 Å². The second-order valence-corrected chi connectivity index (χ2v) is 10.5. The SMILES string of the molecule is COC(=O)c1c(-c2ccc(OC)cc2)csc1NC(=O)CSc1nnc(C2CC2c2ccccc2)n1C. The molecule has 1 aliphatic carbocycles. The molecule has 5 rings (SSSR count). The molecule has 1 fully saturated rings. The number of carbonyl (C=O) groups excluding carboxylic acids is 2. The second-order valence-electron chi connectivity index (χ2n) is 8.67. The first-order chi connectivity index (χ1) is 18.0. The molecule has 2 aromatic heterocycles. The number of amides is 1. The Labute approximate surface area is 223 Å². The Bertz CT molecular complexity index is 1420. The van der Waals surface area contributed by atoms with Gasteiger partial charge in [-0.2, -0.15) is 0 Å². The minimum atomic E-state index is -0.509. The molecule has 2 unspecified atom stereocenters. The van der Waals surface area contributed by atoms with Crippen LogP contribution in [-0.2, 0) is 16.6 Å². The Morgan fingerprint density at radius 3 is 2.54 bits per heavy atom. The van der Waals surface area contributed by atoms with E-state index in [1.54, 1.807) is 7.11 Å². The first-order valence-electron chi connectivity index (χ1n) is 11.7. The average Bonchev–Trinajstić information content (AvgIpc) is 3.48. The Kier molecular flexibility index (Phi) is 7.29. The molecule has 2 aromatic carbocycles. The zero-order valence-corrected chi connectivity index (χ0v) is 22.3. The Hall–Kier alpha value is -3.63. The number of thiophene rings is 1. The highest BCUT2D eigenvalue weighted by atomic mass is 32.2. The number of aromatic nitrogens is 3. The van der Waals surface area contributed by atoms with Gasteiger partial charge in [0.15, 0.2) is 5.16 Å². The summed E-state index contributed by atoms with van der Waals surface area (Å²) < 4.78 is 12.2. The first-order valence-corrected chi connectivity index (χ1v) is 13.6. The molecule has 0 aliphatic heterocycles. The monoisotopic (exact) mass is 534 g/mol. The van der Waals surface area contributed by atoms with Gasteiger partial charge in [-0.25, -0.2) is 4.79 Å². The summed E-state index contributed by atoms with van der Waals surface area (Å²) in [6.07, 6.45) is 1.05. The maximum absolute atomic E-state index is 12.8. The number of anilines is 1. The van der Waals surface area contributed by atoms with Crippen LogP contribution >= 0.6 is 23.1 Å². The number of hydrogen-bond acceptors (Lipinski definition) is 8. The molecule has 1 aliphatic rings. The van der Waals surface area contributed by atoms with Gasteiger partial charge < -0.3 is 19.4 Å². The van der Waals surface area contributed by atoms with E-state index in [9.17, 15) is 9.59 Å². The normalized spacial score (nSPS) is 16.3. The van der Waals surface area contributed by atoms with E-state index in [4.69, 9.17) is 9.47 Å². The largest absolute Gasteiger partial charge is 0.497 e. The fraction of sp³-hybridized carbons (Fsp3) is 0.259. The third-order valence-electron chi connectivity index (χ3n) is 6.39. The van der Waals surface area contributed by atoms with E-state index in [0.29, 0.717) is 38.9 Å². The number of benzene rings is 2. The lowest BCUT2D eigenvalue weighted by atomic mass is 10.0. The van der Waals surface area contributed by atoms with Gasteiger partial charge in [0.2, 0.25) is 5.91 Å². The molecule has 2 atom stereocenters. The average molecular weight is 535 g/mol. The molecule has 10 heteroatoms. The summed E-state index contributed by atoms with van der Waals surface area (Å²) in [5.74, 6) is 1.84. The Morgan fingerprint density at radius 2 is 1.84 bits per heavy atom. The molecule has 0 radical (unpaired) electrons. The van der Waals surface area contributed by atoms with Gasteiger partial charge in [0.05, 0.1) is 20.0 Å². The van der Waals surface area contributed by atoms with Crippen LogP contribution in [0.1, 0.15) is 40.0 Å². The molecule has 37 heavy (non-hydrogen) atoms. The first kappa shape index (κ1) is 25.0. The van der Waals surface area contributed by atoms with Crippen molar-refractivity contribution in [2.75, 3.05) is 25.3 Å². The standard InChI is InChI=1S/C27H26N4O4S2/c1-31-24(20-13-19(20)16-7-5-4-6-8-16)29-30-27(31)37-15-22(32)28-25-23(26(33)35-3)21(14-36-25)17-9-11-18(34-2)12-10-17/h4-12,14,19-20H,13,15H2,1-3H3,(H,28,32). The fourth-order valence-corrected chi connectivity index (χ4v) is 6.05. The number of nitrogens with one attached hydrogen (secondary N) is 1. The highest BCUT2D eigenvalue weighted by Crippen LogP contribution is 2.54. The summed E-state index contributed by atoms with van der Waals surface area (Å²) in [5, 5.41) is 14.6. The lowest BCUT2D eigenvalue weighted by Crippen LogP contribution is -2.16. The third kappa shape index (κ3) is 5.26. The summed E-state index contributed by atoms with van der Waals surface area (Å²) in [4.78, 5) is 25.4. The molecule has 8 nitrogen and oxygen atoms in total. The highest BCUT2D eigenvalue weighted by Gasteiger charge is 2.42. The number of methoxy groups -OCH3 is 2. The molecular weight excluding hydrogens is 508 g/mol. The van der Waals surface area contributed by atoms with Gasteiger partial charge in [-0.3, -0.25) is 4.79 Å². The van der Waals surface area contributed by atoms with Crippen LogP contribution in [0.2, 0.25) is 0 Å². The topological polar surface area (TPSA) is 95.3 Å². The quantitative estimate of drug-likeness (QED) is 0.229. The van der Waals surface area contributed by atoms with Gasteiger partial charge in [-0.1, -0.05) is 54.2 Å². The lowest BCUT2D eigenvalue weighted by molar-refractivity contribution is -0.113. The van der Waals surface area contributed by atoms with Crippen molar-refractivity contribution in [2.45, 2.75) is 23.4 Å². The predicted octanol–water partition coefficient (Wildman–Crippen LogP) is 5.34. The fourth-order valence-electron chi connectivity index (χ4n) is 4.35. The van der Waals surface area contributed by atoms with E-state index < -0.39 is 5.97 Å². The van der Waals surface area contributed by atoms with Gasteiger partial charge in [0.25, 0.3) is 0 Å². The molecule has 0 saturated heterocycles. The van der Waals surface area contributed by atoms with Crippen molar-refractivity contribution in [3.63, 3.8) is 0 Å². The summed E-state index contributed by atoms with van der Waals surface area (Å²) in [7, 11) is 4.86. The van der Waals surface area contributed by atoms with Crippen LogP contribution in [0.5, 0.6) is 5.75 Å². The van der Waals surface area contributed by atoms with Crippen molar-refractivity contribution in [1.82, 2.24) is 14.8 Å². The van der Waals surface area contributed by atoms with Crippen molar-refractivity contribution in [3.05, 3.63) is 76.9 Å². The van der Waals surface area contributed by atoms with Crippen LogP contribution in [0.3, 0.4) is 0 Å². The molecule has 190 valence electrons. The van der Waals surface area contributed by atoms with Crippen LogP contribution in [-0.4, -0.2) is 46.6 Å². The van der Waals surface area contributed by atoms with E-state index >= 15 is 0 Å². The number of carbonyl (C=O) groups is 2. The van der Waals surface area contributed by atoms with Crippen molar-refractivity contribution in [1.29, 1.82) is 0 Å². The van der Waals surface area contributed by atoms with E-state index in [0.717, 1.165) is 17.8 Å². The number of hydrogen-bond donors (Lipinski definition) is 1. The minimum absolute atomic E-state index is 0.134. The smallest absolute Gasteiger partial charge is 0.341 e. The van der Waals surface area contributed by atoms with Gasteiger partial charge in [0.1, 0.15) is 22.1 Å². The molecular formula is C27H26N4O4S2. The molecule has 2 heterocycles. The molecule has 1 N–H and O–H groups in total. The van der Waals surface area contributed by atoms with Gasteiger partial charge in [0, 0.05) is 23.9 Å². The number of nitrogens with zero attached hydrogens (tertiary/aromatic N) is 3.